The second kappa shape index (κ2) is 7.73. The third-order valence-corrected chi connectivity index (χ3v) is 3.57. The number of alkyl halides is 1. The van der Waals surface area contributed by atoms with E-state index in [1.807, 2.05) is 0 Å². The van der Waals surface area contributed by atoms with Gasteiger partial charge in [-0.1, -0.05) is 12.1 Å². The highest BCUT2D eigenvalue weighted by Gasteiger charge is 2.34. The molecule has 8 heteroatoms. The van der Waals surface area contributed by atoms with Crippen LogP contribution >= 0.6 is 11.6 Å². The molecule has 0 unspecified atom stereocenters. The number of amides is 4. The normalized spacial score (nSPS) is 13.0. The molecule has 0 bridgehead atoms. The maximum Gasteiger partial charge on any atom is 0.261 e. The van der Waals surface area contributed by atoms with E-state index in [0.717, 1.165) is 4.90 Å². The molecule has 23 heavy (non-hydrogen) atoms. The topological polar surface area (TPSA) is 95.6 Å². The lowest BCUT2D eigenvalue weighted by Crippen LogP contribution is -2.37. The average Bonchev–Trinajstić information content (AvgIpc) is 2.81. The molecule has 0 saturated carbocycles. The van der Waals surface area contributed by atoms with Gasteiger partial charge in [-0.15, -0.1) is 11.6 Å². The highest BCUT2D eigenvalue weighted by molar-refractivity contribution is 6.27. The number of imide groups is 1. The molecule has 1 heterocycles. The largest absolute Gasteiger partial charge is 0.354 e. The molecule has 1 aromatic carbocycles. The molecule has 0 spiro atoms. The van der Waals surface area contributed by atoms with Crippen LogP contribution in [0.4, 0.5) is 0 Å². The number of halogens is 1. The molecule has 0 aliphatic carbocycles. The van der Waals surface area contributed by atoms with Crippen LogP contribution in [-0.4, -0.2) is 54.0 Å². The van der Waals surface area contributed by atoms with Crippen molar-refractivity contribution >= 4 is 35.2 Å². The van der Waals surface area contributed by atoms with Gasteiger partial charge in [-0.25, -0.2) is 0 Å². The summed E-state index contributed by atoms with van der Waals surface area (Å²) in [5.41, 5.74) is 0.725. The Morgan fingerprint density at radius 2 is 1.48 bits per heavy atom. The Kier molecular flexibility index (Phi) is 5.70. The van der Waals surface area contributed by atoms with Gasteiger partial charge in [-0.3, -0.25) is 24.1 Å². The Labute approximate surface area is 138 Å². The van der Waals surface area contributed by atoms with Crippen LogP contribution in [-0.2, 0) is 9.59 Å². The molecule has 2 rings (SSSR count). The smallest absolute Gasteiger partial charge is 0.261 e. The maximum absolute atomic E-state index is 12.1. The summed E-state index contributed by atoms with van der Waals surface area (Å²) in [6, 6.07) is 6.56. The summed E-state index contributed by atoms with van der Waals surface area (Å²) in [5, 5.41) is 5.10. The number of rotatable bonds is 7. The van der Waals surface area contributed by atoms with Gasteiger partial charge in [0.25, 0.3) is 11.8 Å². The Morgan fingerprint density at radius 1 is 0.957 bits per heavy atom. The quantitative estimate of drug-likeness (QED) is 0.420. The molecule has 0 saturated heterocycles. The predicted octanol–water partition coefficient (Wildman–Crippen LogP) is 0.144. The SMILES string of the molecule is O=C(CCl)NCCNC(=O)CCN1C(=O)c2ccccc2C1=O. The third kappa shape index (κ3) is 4.07. The van der Waals surface area contributed by atoms with E-state index >= 15 is 0 Å². The van der Waals surface area contributed by atoms with Crippen LogP contribution < -0.4 is 10.6 Å². The molecule has 7 nitrogen and oxygen atoms in total. The first kappa shape index (κ1) is 17.0. The summed E-state index contributed by atoms with van der Waals surface area (Å²) in [5.74, 6) is -1.51. The summed E-state index contributed by atoms with van der Waals surface area (Å²) >= 11 is 5.31. The van der Waals surface area contributed by atoms with Crippen LogP contribution in [0.15, 0.2) is 24.3 Å². The van der Waals surface area contributed by atoms with E-state index in [1.54, 1.807) is 24.3 Å². The van der Waals surface area contributed by atoms with Crippen LogP contribution in [0.25, 0.3) is 0 Å². The number of carbonyl (C=O) groups excluding carboxylic acids is 4. The zero-order valence-electron chi connectivity index (χ0n) is 12.3. The van der Waals surface area contributed by atoms with Crippen molar-refractivity contribution in [3.63, 3.8) is 0 Å². The molecule has 1 aromatic rings. The average molecular weight is 338 g/mol. The van der Waals surface area contributed by atoms with E-state index < -0.39 is 0 Å². The lowest BCUT2D eigenvalue weighted by Gasteiger charge is -2.13. The number of benzene rings is 1. The van der Waals surface area contributed by atoms with E-state index in [1.165, 1.54) is 0 Å². The van der Waals surface area contributed by atoms with Crippen molar-refractivity contribution in [1.29, 1.82) is 0 Å². The van der Waals surface area contributed by atoms with Crippen LogP contribution in [0.3, 0.4) is 0 Å². The van der Waals surface area contributed by atoms with Crippen molar-refractivity contribution in [2.45, 2.75) is 6.42 Å². The highest BCUT2D eigenvalue weighted by atomic mass is 35.5. The fourth-order valence-electron chi connectivity index (χ4n) is 2.20. The molecule has 4 amide bonds. The number of nitrogens with zero attached hydrogens (tertiary/aromatic N) is 1. The van der Waals surface area contributed by atoms with Gasteiger partial charge in [-0.2, -0.15) is 0 Å². The van der Waals surface area contributed by atoms with Crippen LogP contribution in [0.2, 0.25) is 0 Å². The van der Waals surface area contributed by atoms with E-state index in [9.17, 15) is 19.2 Å². The fraction of sp³-hybridized carbons (Fsp3) is 0.333. The summed E-state index contributed by atoms with van der Waals surface area (Å²) < 4.78 is 0. The van der Waals surface area contributed by atoms with Gasteiger partial charge in [0.05, 0.1) is 11.1 Å². The molecular formula is C15H16ClN3O4. The van der Waals surface area contributed by atoms with Crippen LogP contribution in [0, 0.1) is 0 Å². The molecule has 0 fully saturated rings. The Hall–Kier alpha value is -2.41. The molecule has 2 N–H and O–H groups in total. The molecule has 0 aromatic heterocycles. The van der Waals surface area contributed by atoms with Gasteiger partial charge in [0.1, 0.15) is 5.88 Å². The van der Waals surface area contributed by atoms with Crippen LogP contribution in [0.1, 0.15) is 27.1 Å². The Bertz CT molecular complexity index is 612. The second-order valence-electron chi connectivity index (χ2n) is 4.89. The summed E-state index contributed by atoms with van der Waals surface area (Å²) in [6.45, 7) is 0.542. The van der Waals surface area contributed by atoms with Gasteiger partial charge in [0.2, 0.25) is 11.8 Å². The first-order valence-electron chi connectivity index (χ1n) is 7.09. The minimum Gasteiger partial charge on any atom is -0.354 e. The van der Waals surface area contributed by atoms with Crippen molar-refractivity contribution in [2.75, 3.05) is 25.5 Å². The second-order valence-corrected chi connectivity index (χ2v) is 5.16. The van der Waals surface area contributed by atoms with Crippen molar-refractivity contribution in [3.05, 3.63) is 35.4 Å². The maximum atomic E-state index is 12.1. The number of hydrogen-bond acceptors (Lipinski definition) is 4. The van der Waals surface area contributed by atoms with Gasteiger partial charge < -0.3 is 10.6 Å². The monoisotopic (exact) mass is 337 g/mol. The van der Waals surface area contributed by atoms with E-state index in [2.05, 4.69) is 10.6 Å². The summed E-state index contributed by atoms with van der Waals surface area (Å²) in [4.78, 5) is 47.9. The van der Waals surface area contributed by atoms with Gasteiger partial charge in [-0.05, 0) is 12.1 Å². The standard InChI is InChI=1S/C15H16ClN3O4/c16-9-13(21)18-7-6-17-12(20)5-8-19-14(22)10-3-1-2-4-11(10)15(19)23/h1-4H,5-9H2,(H,17,20)(H,18,21). The lowest BCUT2D eigenvalue weighted by atomic mass is 10.1. The highest BCUT2D eigenvalue weighted by Crippen LogP contribution is 2.22. The fourth-order valence-corrected chi connectivity index (χ4v) is 2.29. The third-order valence-electron chi connectivity index (χ3n) is 3.33. The van der Waals surface area contributed by atoms with Crippen LogP contribution in [0.5, 0.6) is 0 Å². The number of fused-ring (bicyclic) bond motifs is 1. The Balaban J connectivity index is 1.76. The molecule has 122 valence electrons. The molecule has 0 atom stereocenters. The number of nitrogens with one attached hydrogen (secondary N) is 2. The molecule has 0 radical (unpaired) electrons. The molecule has 1 aliphatic rings. The molecular weight excluding hydrogens is 322 g/mol. The number of carbonyl (C=O) groups is 4. The lowest BCUT2D eigenvalue weighted by molar-refractivity contribution is -0.122. The van der Waals surface area contributed by atoms with Gasteiger partial charge in [0, 0.05) is 26.1 Å². The van der Waals surface area contributed by atoms with Crippen molar-refractivity contribution < 1.29 is 19.2 Å². The molecule has 1 aliphatic heterocycles. The van der Waals surface area contributed by atoms with E-state index in [0.29, 0.717) is 11.1 Å². The first-order valence-corrected chi connectivity index (χ1v) is 7.62. The van der Waals surface area contributed by atoms with Crippen molar-refractivity contribution in [1.82, 2.24) is 15.5 Å². The Morgan fingerprint density at radius 3 is 2.00 bits per heavy atom. The first-order chi connectivity index (χ1) is 11.0. The van der Waals surface area contributed by atoms with E-state index in [4.69, 9.17) is 11.6 Å². The van der Waals surface area contributed by atoms with Gasteiger partial charge in [0.15, 0.2) is 0 Å². The van der Waals surface area contributed by atoms with E-state index in [-0.39, 0.29) is 55.6 Å². The minimum atomic E-state index is -0.382. The van der Waals surface area contributed by atoms with Crippen molar-refractivity contribution in [2.24, 2.45) is 0 Å². The summed E-state index contributed by atoms with van der Waals surface area (Å²) in [6.07, 6.45) is 0.00885. The zero-order chi connectivity index (χ0) is 16.8. The van der Waals surface area contributed by atoms with Crippen molar-refractivity contribution in [3.8, 4) is 0 Å². The number of hydrogen-bond donors (Lipinski definition) is 2. The predicted molar refractivity (Wildman–Crippen MR) is 83.2 cm³/mol. The minimum absolute atomic E-state index is 0.00885. The summed E-state index contributed by atoms with van der Waals surface area (Å²) in [7, 11) is 0. The van der Waals surface area contributed by atoms with Gasteiger partial charge >= 0.3 is 0 Å². The zero-order valence-corrected chi connectivity index (χ0v) is 13.1.